The number of halogens is 1. The zero-order valence-corrected chi connectivity index (χ0v) is 11.5. The molecule has 0 saturated heterocycles. The number of hydrogen-bond acceptors (Lipinski definition) is 3. The van der Waals surface area contributed by atoms with Crippen LogP contribution in [0.1, 0.15) is 26.3 Å². The van der Waals surface area contributed by atoms with Crippen LogP contribution in [-0.4, -0.2) is 17.5 Å². The summed E-state index contributed by atoms with van der Waals surface area (Å²) >= 11 is 5.77. The molecule has 0 amide bonds. The minimum atomic E-state index is -0.470. The van der Waals surface area contributed by atoms with Gasteiger partial charge in [-0.05, 0) is 32.0 Å². The van der Waals surface area contributed by atoms with E-state index in [1.165, 1.54) is 6.07 Å². The summed E-state index contributed by atoms with van der Waals surface area (Å²) in [4.78, 5) is 10.3. The van der Waals surface area contributed by atoms with E-state index in [0.717, 1.165) is 17.7 Å². The molecule has 1 atom stereocenters. The fourth-order valence-electron chi connectivity index (χ4n) is 1.61. The van der Waals surface area contributed by atoms with Crippen LogP contribution in [0.15, 0.2) is 23.8 Å². The van der Waals surface area contributed by atoms with Crippen LogP contribution < -0.4 is 5.32 Å². The number of nitrogens with zero attached hydrogens (tertiary/aromatic N) is 1. The Balaban J connectivity index is 3.01. The number of rotatable bonds is 5. The lowest BCUT2D eigenvalue weighted by atomic mass is 10.1. The summed E-state index contributed by atoms with van der Waals surface area (Å²) in [5.41, 5.74) is 1.84. The molecule has 1 aromatic rings. The SMILES string of the molecule is CCNC(C)/C(C)=C/c1ccc(Cl)c([N+](=O)[O-])c1. The van der Waals surface area contributed by atoms with Gasteiger partial charge in [0.25, 0.3) is 5.69 Å². The van der Waals surface area contributed by atoms with Gasteiger partial charge >= 0.3 is 0 Å². The highest BCUT2D eigenvalue weighted by Gasteiger charge is 2.12. The molecule has 1 aromatic carbocycles. The molecule has 0 heterocycles. The van der Waals surface area contributed by atoms with Crippen molar-refractivity contribution in [2.24, 2.45) is 0 Å². The van der Waals surface area contributed by atoms with Gasteiger partial charge in [0.15, 0.2) is 0 Å². The Morgan fingerprint density at radius 1 is 1.61 bits per heavy atom. The Morgan fingerprint density at radius 2 is 2.28 bits per heavy atom. The molecule has 1 rings (SSSR count). The number of hydrogen-bond donors (Lipinski definition) is 1. The molecular weight excluding hydrogens is 252 g/mol. The molecular formula is C13H17ClN2O2. The normalized spacial score (nSPS) is 13.4. The summed E-state index contributed by atoms with van der Waals surface area (Å²) in [7, 11) is 0. The molecule has 0 radical (unpaired) electrons. The van der Waals surface area contributed by atoms with Gasteiger partial charge in [0.1, 0.15) is 5.02 Å². The summed E-state index contributed by atoms with van der Waals surface area (Å²) in [5, 5.41) is 14.2. The van der Waals surface area contributed by atoms with Gasteiger partial charge in [0.2, 0.25) is 0 Å². The fraction of sp³-hybridized carbons (Fsp3) is 0.385. The smallest absolute Gasteiger partial charge is 0.288 e. The van der Waals surface area contributed by atoms with Crippen LogP contribution in [0.3, 0.4) is 0 Å². The zero-order chi connectivity index (χ0) is 13.7. The number of nitrogens with one attached hydrogen (secondary N) is 1. The molecule has 18 heavy (non-hydrogen) atoms. The number of likely N-dealkylation sites (N-methyl/N-ethyl adjacent to an activating group) is 1. The van der Waals surface area contributed by atoms with E-state index in [1.807, 2.05) is 19.9 Å². The summed E-state index contributed by atoms with van der Waals surface area (Å²) in [6, 6.07) is 5.06. The highest BCUT2D eigenvalue weighted by atomic mass is 35.5. The predicted octanol–water partition coefficient (Wildman–Crippen LogP) is 3.65. The van der Waals surface area contributed by atoms with Gasteiger partial charge in [-0.1, -0.05) is 36.2 Å². The average Bonchev–Trinajstić information content (AvgIpc) is 2.31. The second kappa shape index (κ2) is 6.52. The Hall–Kier alpha value is -1.39. The summed E-state index contributed by atoms with van der Waals surface area (Å²) in [6.45, 7) is 6.97. The molecule has 1 N–H and O–H groups in total. The fourth-order valence-corrected chi connectivity index (χ4v) is 1.80. The lowest BCUT2D eigenvalue weighted by molar-refractivity contribution is -0.384. The first-order valence-electron chi connectivity index (χ1n) is 5.81. The Morgan fingerprint density at radius 3 is 2.83 bits per heavy atom. The van der Waals surface area contributed by atoms with Crippen LogP contribution in [0.25, 0.3) is 6.08 Å². The van der Waals surface area contributed by atoms with Crippen LogP contribution >= 0.6 is 11.6 Å². The predicted molar refractivity (Wildman–Crippen MR) is 74.9 cm³/mol. The third-order valence-electron chi connectivity index (χ3n) is 2.75. The van der Waals surface area contributed by atoms with Crippen molar-refractivity contribution < 1.29 is 4.92 Å². The van der Waals surface area contributed by atoms with E-state index < -0.39 is 4.92 Å². The molecule has 0 aliphatic rings. The highest BCUT2D eigenvalue weighted by Crippen LogP contribution is 2.26. The average molecular weight is 269 g/mol. The van der Waals surface area contributed by atoms with Crippen molar-refractivity contribution in [1.82, 2.24) is 5.32 Å². The molecule has 0 saturated carbocycles. The molecule has 98 valence electrons. The van der Waals surface area contributed by atoms with Crippen LogP contribution in [0, 0.1) is 10.1 Å². The molecule has 0 bridgehead atoms. The maximum atomic E-state index is 10.8. The second-order valence-corrected chi connectivity index (χ2v) is 4.54. The van der Waals surface area contributed by atoms with Gasteiger partial charge in [-0.25, -0.2) is 0 Å². The summed E-state index contributed by atoms with van der Waals surface area (Å²) in [5.74, 6) is 0. The van der Waals surface area contributed by atoms with Crippen molar-refractivity contribution in [2.45, 2.75) is 26.8 Å². The maximum absolute atomic E-state index is 10.8. The third-order valence-corrected chi connectivity index (χ3v) is 3.07. The van der Waals surface area contributed by atoms with E-state index in [4.69, 9.17) is 11.6 Å². The van der Waals surface area contributed by atoms with Crippen molar-refractivity contribution >= 4 is 23.4 Å². The topological polar surface area (TPSA) is 55.2 Å². The summed E-state index contributed by atoms with van der Waals surface area (Å²) in [6.07, 6.45) is 1.93. The molecule has 5 heteroatoms. The first-order valence-corrected chi connectivity index (χ1v) is 6.19. The van der Waals surface area contributed by atoms with E-state index >= 15 is 0 Å². The van der Waals surface area contributed by atoms with E-state index in [0.29, 0.717) is 0 Å². The van der Waals surface area contributed by atoms with E-state index in [-0.39, 0.29) is 16.8 Å². The van der Waals surface area contributed by atoms with Gasteiger partial charge in [-0.3, -0.25) is 10.1 Å². The highest BCUT2D eigenvalue weighted by molar-refractivity contribution is 6.32. The molecule has 0 spiro atoms. The first-order chi connectivity index (χ1) is 8.45. The lowest BCUT2D eigenvalue weighted by Crippen LogP contribution is -2.26. The first kappa shape index (κ1) is 14.7. The van der Waals surface area contributed by atoms with Gasteiger partial charge < -0.3 is 5.32 Å². The Labute approximate surface area is 112 Å². The number of nitro benzene ring substituents is 1. The van der Waals surface area contributed by atoms with Crippen molar-refractivity contribution in [3.05, 3.63) is 44.5 Å². The maximum Gasteiger partial charge on any atom is 0.288 e. The molecule has 4 nitrogen and oxygen atoms in total. The molecule has 0 aliphatic carbocycles. The van der Waals surface area contributed by atoms with Gasteiger partial charge in [0.05, 0.1) is 4.92 Å². The summed E-state index contributed by atoms with van der Waals surface area (Å²) < 4.78 is 0. The Kier molecular flexibility index (Phi) is 5.31. The monoisotopic (exact) mass is 268 g/mol. The van der Waals surface area contributed by atoms with Crippen molar-refractivity contribution in [2.75, 3.05) is 6.54 Å². The van der Waals surface area contributed by atoms with Crippen LogP contribution in [0.4, 0.5) is 5.69 Å². The van der Waals surface area contributed by atoms with E-state index in [2.05, 4.69) is 12.2 Å². The standard InChI is InChI=1S/C13H17ClN2O2/c1-4-15-10(3)9(2)7-11-5-6-12(14)13(8-11)16(17)18/h5-8,10,15H,4H2,1-3H3/b9-7+. The zero-order valence-electron chi connectivity index (χ0n) is 10.7. The third kappa shape index (κ3) is 3.82. The van der Waals surface area contributed by atoms with Crippen molar-refractivity contribution in [3.63, 3.8) is 0 Å². The van der Waals surface area contributed by atoms with Crippen LogP contribution in [-0.2, 0) is 0 Å². The molecule has 1 unspecified atom stereocenters. The van der Waals surface area contributed by atoms with Crippen molar-refractivity contribution in [3.8, 4) is 0 Å². The minimum absolute atomic E-state index is 0.0608. The number of benzene rings is 1. The molecule has 0 fully saturated rings. The van der Waals surface area contributed by atoms with Crippen LogP contribution in [0.2, 0.25) is 5.02 Å². The number of nitro groups is 1. The largest absolute Gasteiger partial charge is 0.311 e. The van der Waals surface area contributed by atoms with Crippen LogP contribution in [0.5, 0.6) is 0 Å². The van der Waals surface area contributed by atoms with Crippen molar-refractivity contribution in [1.29, 1.82) is 0 Å². The second-order valence-electron chi connectivity index (χ2n) is 4.14. The molecule has 0 aliphatic heterocycles. The van der Waals surface area contributed by atoms with E-state index in [1.54, 1.807) is 12.1 Å². The quantitative estimate of drug-likeness (QED) is 0.655. The van der Waals surface area contributed by atoms with Gasteiger partial charge in [0, 0.05) is 12.1 Å². The Bertz CT molecular complexity index is 472. The van der Waals surface area contributed by atoms with E-state index in [9.17, 15) is 10.1 Å². The van der Waals surface area contributed by atoms with Gasteiger partial charge in [-0.15, -0.1) is 0 Å². The van der Waals surface area contributed by atoms with Gasteiger partial charge in [-0.2, -0.15) is 0 Å². The lowest BCUT2D eigenvalue weighted by Gasteiger charge is -2.12. The minimum Gasteiger partial charge on any atom is -0.311 e. The molecule has 0 aromatic heterocycles.